The largest absolute Gasteiger partial charge is 0.573 e. The number of nitrogens with zero attached hydrogens (tertiary/aromatic N) is 4. The van der Waals surface area contributed by atoms with Gasteiger partial charge in [-0.1, -0.05) is 12.1 Å². The molecule has 8 nitrogen and oxygen atoms in total. The summed E-state index contributed by atoms with van der Waals surface area (Å²) in [5, 5.41) is 4.00. The first-order valence-corrected chi connectivity index (χ1v) is 10.1. The number of carbonyl (C=O) groups is 2. The average molecular weight is 454 g/mol. The minimum atomic E-state index is -4.75. The van der Waals surface area contributed by atoms with Crippen LogP contribution in [-0.4, -0.2) is 69.5 Å². The van der Waals surface area contributed by atoms with Gasteiger partial charge in [-0.25, -0.2) is 0 Å². The molecule has 3 rings (SSSR count). The van der Waals surface area contributed by atoms with Crippen LogP contribution in [0.2, 0.25) is 0 Å². The molecule has 32 heavy (non-hydrogen) atoms. The quantitative estimate of drug-likeness (QED) is 0.671. The Kier molecular flexibility index (Phi) is 7.07. The average Bonchev–Trinajstić information content (AvgIpc) is 3.05. The summed E-state index contributed by atoms with van der Waals surface area (Å²) in [6, 6.07) is 6.86. The van der Waals surface area contributed by atoms with E-state index in [1.807, 2.05) is 13.8 Å². The molecule has 174 valence electrons. The number of benzene rings is 1. The molecule has 1 aliphatic rings. The van der Waals surface area contributed by atoms with Crippen LogP contribution in [0.1, 0.15) is 29.9 Å². The third-order valence-corrected chi connectivity index (χ3v) is 5.06. The zero-order chi connectivity index (χ0) is 23.5. The number of amides is 2. The van der Waals surface area contributed by atoms with Gasteiger partial charge in [0.15, 0.2) is 0 Å². The smallest absolute Gasteiger partial charge is 0.406 e. The van der Waals surface area contributed by atoms with Crippen LogP contribution in [0.5, 0.6) is 5.75 Å². The zero-order valence-electron chi connectivity index (χ0n) is 18.0. The fourth-order valence-electron chi connectivity index (χ4n) is 3.45. The summed E-state index contributed by atoms with van der Waals surface area (Å²) in [4.78, 5) is 28.8. The Labute approximate surface area is 183 Å². The van der Waals surface area contributed by atoms with E-state index in [1.165, 1.54) is 40.0 Å². The van der Waals surface area contributed by atoms with E-state index in [1.54, 1.807) is 18.0 Å². The van der Waals surface area contributed by atoms with Crippen molar-refractivity contribution in [2.24, 2.45) is 7.05 Å². The molecule has 1 fully saturated rings. The lowest BCUT2D eigenvalue weighted by atomic mass is 10.2. The molecule has 1 saturated heterocycles. The predicted molar refractivity (Wildman–Crippen MR) is 108 cm³/mol. The maximum Gasteiger partial charge on any atom is 0.573 e. The van der Waals surface area contributed by atoms with E-state index < -0.39 is 12.5 Å². The van der Waals surface area contributed by atoms with Crippen LogP contribution >= 0.6 is 0 Å². The summed E-state index contributed by atoms with van der Waals surface area (Å²) < 4.78 is 48.2. The van der Waals surface area contributed by atoms with Gasteiger partial charge in [0, 0.05) is 32.4 Å². The summed E-state index contributed by atoms with van der Waals surface area (Å²) in [6.07, 6.45) is -3.73. The number of aromatic nitrogens is 2. The van der Waals surface area contributed by atoms with Crippen LogP contribution in [0.15, 0.2) is 36.5 Å². The van der Waals surface area contributed by atoms with Gasteiger partial charge in [0.25, 0.3) is 5.91 Å². The van der Waals surface area contributed by atoms with E-state index in [0.29, 0.717) is 17.8 Å². The van der Waals surface area contributed by atoms with Crippen molar-refractivity contribution in [3.63, 3.8) is 0 Å². The number of carbonyl (C=O) groups excluding carboxylic acids is 2. The number of alkyl halides is 3. The number of hydrogen-bond acceptors (Lipinski definition) is 5. The van der Waals surface area contributed by atoms with Gasteiger partial charge in [-0.2, -0.15) is 5.10 Å². The van der Waals surface area contributed by atoms with Crippen LogP contribution in [0, 0.1) is 0 Å². The highest BCUT2D eigenvalue weighted by atomic mass is 19.4. The van der Waals surface area contributed by atoms with Crippen molar-refractivity contribution in [2.75, 3.05) is 19.6 Å². The lowest BCUT2D eigenvalue weighted by molar-refractivity contribution is -0.274. The van der Waals surface area contributed by atoms with E-state index in [4.69, 9.17) is 4.74 Å². The van der Waals surface area contributed by atoms with Crippen LogP contribution < -0.4 is 4.74 Å². The predicted octanol–water partition coefficient (Wildman–Crippen LogP) is 2.60. The Morgan fingerprint density at radius 1 is 1.19 bits per heavy atom. The van der Waals surface area contributed by atoms with Crippen LogP contribution in [0.25, 0.3) is 0 Å². The van der Waals surface area contributed by atoms with Crippen molar-refractivity contribution in [3.05, 3.63) is 47.8 Å². The zero-order valence-corrected chi connectivity index (χ0v) is 18.0. The Morgan fingerprint density at radius 3 is 2.44 bits per heavy atom. The minimum absolute atomic E-state index is 0.0778. The molecule has 2 aromatic rings. The summed E-state index contributed by atoms with van der Waals surface area (Å²) >= 11 is 0. The van der Waals surface area contributed by atoms with Crippen molar-refractivity contribution in [1.29, 1.82) is 0 Å². The van der Waals surface area contributed by atoms with E-state index >= 15 is 0 Å². The molecule has 0 unspecified atom stereocenters. The third-order valence-electron chi connectivity index (χ3n) is 5.06. The molecule has 1 aliphatic heterocycles. The number of rotatable bonds is 6. The Hall–Kier alpha value is -3.08. The van der Waals surface area contributed by atoms with Gasteiger partial charge in [-0.3, -0.25) is 14.3 Å². The monoisotopic (exact) mass is 454 g/mol. The van der Waals surface area contributed by atoms with Gasteiger partial charge in [0.1, 0.15) is 18.0 Å². The number of halogens is 3. The molecule has 1 aromatic heterocycles. The molecule has 0 N–H and O–H groups in total. The first-order chi connectivity index (χ1) is 15.0. The maximum absolute atomic E-state index is 13.0. The highest BCUT2D eigenvalue weighted by molar-refractivity contribution is 5.95. The van der Waals surface area contributed by atoms with Crippen molar-refractivity contribution in [3.8, 4) is 5.75 Å². The molecular formula is C21H25F3N4O4. The van der Waals surface area contributed by atoms with Gasteiger partial charge >= 0.3 is 6.36 Å². The molecule has 11 heteroatoms. The van der Waals surface area contributed by atoms with Gasteiger partial charge in [-0.05, 0) is 37.6 Å². The van der Waals surface area contributed by atoms with Gasteiger partial charge < -0.3 is 19.3 Å². The molecule has 2 amide bonds. The number of ether oxygens (including phenoxy) is 2. The van der Waals surface area contributed by atoms with E-state index in [9.17, 15) is 22.8 Å². The molecule has 1 aromatic carbocycles. The molecule has 0 aliphatic carbocycles. The molecule has 1 atom stereocenters. The second-order valence-corrected chi connectivity index (χ2v) is 7.79. The summed E-state index contributed by atoms with van der Waals surface area (Å²) in [7, 11) is 1.65. The number of aryl methyl sites for hydroxylation is 1. The topological polar surface area (TPSA) is 76.9 Å². The fraction of sp³-hybridized carbons (Fsp3) is 0.476. The maximum atomic E-state index is 13.0. The van der Waals surface area contributed by atoms with Crippen LogP contribution in [0.4, 0.5) is 13.2 Å². The Bertz CT molecular complexity index is 943. The van der Waals surface area contributed by atoms with Crippen molar-refractivity contribution < 1.29 is 32.2 Å². The first kappa shape index (κ1) is 23.6. The van der Waals surface area contributed by atoms with E-state index in [-0.39, 0.29) is 43.3 Å². The van der Waals surface area contributed by atoms with Gasteiger partial charge in [0.05, 0.1) is 12.7 Å². The SMILES string of the molecule is CC(C)N1C[C@H](OCc2ccc(OC(F)(F)F)cc2)CN(C(=O)c2ccnn2C)CC1=O. The second-order valence-electron chi connectivity index (χ2n) is 7.79. The van der Waals surface area contributed by atoms with Crippen LogP contribution in [-0.2, 0) is 23.2 Å². The Balaban J connectivity index is 1.71. The standard InChI is InChI=1S/C21H25F3N4O4/c1-14(2)28-11-17(31-13-15-4-6-16(7-5-15)32-21(22,23)24)10-27(12-19(28)29)20(30)18-8-9-25-26(18)3/h4-9,14,17H,10-13H2,1-3H3/t17-/m1/s1. The number of hydrogen-bond donors (Lipinski definition) is 0. The lowest BCUT2D eigenvalue weighted by Gasteiger charge is -2.27. The summed E-state index contributed by atoms with van der Waals surface area (Å²) in [5.41, 5.74) is 0.991. The fourth-order valence-corrected chi connectivity index (χ4v) is 3.45. The summed E-state index contributed by atoms with van der Waals surface area (Å²) in [6.45, 7) is 4.27. The van der Waals surface area contributed by atoms with Crippen molar-refractivity contribution in [2.45, 2.75) is 39.0 Å². The van der Waals surface area contributed by atoms with E-state index in [2.05, 4.69) is 9.84 Å². The molecular weight excluding hydrogens is 429 g/mol. The highest BCUT2D eigenvalue weighted by Gasteiger charge is 2.33. The molecule has 0 radical (unpaired) electrons. The molecule has 0 bridgehead atoms. The normalized spacial score (nSPS) is 17.6. The molecule has 0 saturated carbocycles. The Morgan fingerprint density at radius 2 is 1.88 bits per heavy atom. The third kappa shape index (κ3) is 6.00. The van der Waals surface area contributed by atoms with E-state index in [0.717, 1.165) is 0 Å². The lowest BCUT2D eigenvalue weighted by Crippen LogP contribution is -2.42. The minimum Gasteiger partial charge on any atom is -0.406 e. The molecule has 0 spiro atoms. The van der Waals surface area contributed by atoms with Gasteiger partial charge in [-0.15, -0.1) is 13.2 Å². The second kappa shape index (κ2) is 9.60. The molecule has 2 heterocycles. The van der Waals surface area contributed by atoms with Crippen molar-refractivity contribution >= 4 is 11.8 Å². The summed E-state index contributed by atoms with van der Waals surface area (Å²) in [5.74, 6) is -0.832. The first-order valence-electron chi connectivity index (χ1n) is 10.1. The van der Waals surface area contributed by atoms with Crippen LogP contribution in [0.3, 0.4) is 0 Å². The van der Waals surface area contributed by atoms with Crippen molar-refractivity contribution in [1.82, 2.24) is 19.6 Å². The highest BCUT2D eigenvalue weighted by Crippen LogP contribution is 2.23. The van der Waals surface area contributed by atoms with Gasteiger partial charge in [0.2, 0.25) is 5.91 Å².